The second-order valence-electron chi connectivity index (χ2n) is 3.10. The molecule has 0 spiro atoms. The summed E-state index contributed by atoms with van der Waals surface area (Å²) in [4.78, 5) is 3.90. The van der Waals surface area contributed by atoms with Crippen molar-refractivity contribution in [1.82, 2.24) is 4.98 Å². The van der Waals surface area contributed by atoms with Gasteiger partial charge in [0.05, 0.1) is 11.9 Å². The highest BCUT2D eigenvalue weighted by Gasteiger charge is 2.01. The minimum Gasteiger partial charge on any atom is -0.397 e. The zero-order chi connectivity index (χ0) is 9.68. The van der Waals surface area contributed by atoms with Crippen LogP contribution in [-0.2, 0) is 6.42 Å². The number of hydrogen-bond acceptors (Lipinski definition) is 3. The summed E-state index contributed by atoms with van der Waals surface area (Å²) in [5, 5.41) is 7.65. The summed E-state index contributed by atoms with van der Waals surface area (Å²) in [6.45, 7) is 2.07. The molecule has 1 aromatic rings. The Morgan fingerprint density at radius 3 is 3.00 bits per heavy atom. The average molecular weight is 177 g/mol. The number of anilines is 1. The van der Waals surface area contributed by atoms with Crippen LogP contribution in [0.15, 0.2) is 18.5 Å². The van der Waals surface area contributed by atoms with Gasteiger partial charge < -0.3 is 11.1 Å². The van der Waals surface area contributed by atoms with E-state index in [1.807, 2.05) is 6.07 Å². The number of nitrogens with one attached hydrogen (secondary N) is 1. The minimum absolute atomic E-state index is 0.655. The lowest BCUT2D eigenvalue weighted by atomic mass is 10.1. The van der Waals surface area contributed by atoms with Crippen LogP contribution in [0.1, 0.15) is 25.3 Å². The Hall–Kier alpha value is -1.38. The summed E-state index contributed by atoms with van der Waals surface area (Å²) in [7, 11) is 0. The molecule has 1 rings (SSSR count). The molecule has 0 amide bonds. The third kappa shape index (κ3) is 2.86. The van der Waals surface area contributed by atoms with Gasteiger partial charge in [0.2, 0.25) is 0 Å². The molecule has 0 fully saturated rings. The molecule has 1 heterocycles. The number of nitrogen functional groups attached to an aromatic ring is 1. The molecule has 0 atom stereocenters. The van der Waals surface area contributed by atoms with Crippen LogP contribution in [0.25, 0.3) is 0 Å². The summed E-state index contributed by atoms with van der Waals surface area (Å²) < 4.78 is 0. The Morgan fingerprint density at radius 1 is 1.62 bits per heavy atom. The summed E-state index contributed by atoms with van der Waals surface area (Å²) in [6, 6.07) is 1.87. The average Bonchev–Trinajstić information content (AvgIpc) is 2.09. The van der Waals surface area contributed by atoms with Gasteiger partial charge in [-0.15, -0.1) is 0 Å². The number of nitrogens with two attached hydrogens (primary N) is 1. The monoisotopic (exact) mass is 177 g/mol. The minimum atomic E-state index is 0.655. The maximum Gasteiger partial charge on any atom is 0.0536 e. The van der Waals surface area contributed by atoms with Crippen LogP contribution in [0.4, 0.5) is 5.69 Å². The Kier molecular flexibility index (Phi) is 3.43. The zero-order valence-electron chi connectivity index (χ0n) is 7.88. The molecule has 0 saturated carbocycles. The Morgan fingerprint density at radius 2 is 2.38 bits per heavy atom. The van der Waals surface area contributed by atoms with Crippen molar-refractivity contribution < 1.29 is 0 Å². The number of nitrogens with zero attached hydrogens (tertiary/aromatic N) is 1. The van der Waals surface area contributed by atoms with Crippen LogP contribution in [-0.4, -0.2) is 10.7 Å². The summed E-state index contributed by atoms with van der Waals surface area (Å²) >= 11 is 0. The molecule has 0 radical (unpaired) electrons. The lowest BCUT2D eigenvalue weighted by Crippen LogP contribution is -2.04. The number of rotatable bonds is 4. The van der Waals surface area contributed by atoms with Crippen molar-refractivity contribution in [1.29, 1.82) is 5.41 Å². The second kappa shape index (κ2) is 4.60. The first kappa shape index (κ1) is 9.71. The van der Waals surface area contributed by atoms with Gasteiger partial charge in [0.15, 0.2) is 0 Å². The number of pyridine rings is 1. The van der Waals surface area contributed by atoms with E-state index in [-0.39, 0.29) is 0 Å². The molecule has 0 saturated heterocycles. The van der Waals surface area contributed by atoms with E-state index in [0.29, 0.717) is 12.1 Å². The summed E-state index contributed by atoms with van der Waals surface area (Å²) in [5.41, 5.74) is 8.13. The van der Waals surface area contributed by atoms with Gasteiger partial charge in [-0.2, -0.15) is 0 Å². The van der Waals surface area contributed by atoms with Crippen LogP contribution in [0, 0.1) is 5.41 Å². The molecule has 1 aromatic heterocycles. The van der Waals surface area contributed by atoms with Crippen LogP contribution in [0.5, 0.6) is 0 Å². The van der Waals surface area contributed by atoms with Gasteiger partial charge in [0.1, 0.15) is 0 Å². The van der Waals surface area contributed by atoms with Gasteiger partial charge >= 0.3 is 0 Å². The molecule has 70 valence electrons. The van der Waals surface area contributed by atoms with Crippen molar-refractivity contribution >= 4 is 11.4 Å². The maximum atomic E-state index is 7.65. The Bertz CT molecular complexity index is 294. The first-order chi connectivity index (χ1) is 6.24. The molecular formula is C10H15N3. The summed E-state index contributed by atoms with van der Waals surface area (Å²) in [5.74, 6) is 0. The van der Waals surface area contributed by atoms with Gasteiger partial charge in [-0.05, 0) is 18.1 Å². The fourth-order valence-corrected chi connectivity index (χ4v) is 1.22. The standard InChI is InChI=1S/C10H15N3/c1-2-3-9(11)6-8-4-5-13-7-10(8)12/h4-5,7,11H,2-3,6,12H2,1H3. The molecular weight excluding hydrogens is 162 g/mol. The van der Waals surface area contributed by atoms with Crippen molar-refractivity contribution in [2.75, 3.05) is 5.73 Å². The van der Waals surface area contributed by atoms with E-state index in [9.17, 15) is 0 Å². The fourth-order valence-electron chi connectivity index (χ4n) is 1.22. The van der Waals surface area contributed by atoms with Crippen molar-refractivity contribution in [2.45, 2.75) is 26.2 Å². The number of hydrogen-bond donors (Lipinski definition) is 2. The predicted octanol–water partition coefficient (Wildman–Crippen LogP) is 2.03. The molecule has 0 aliphatic carbocycles. The van der Waals surface area contributed by atoms with Crippen molar-refractivity contribution in [3.8, 4) is 0 Å². The molecule has 3 N–H and O–H groups in total. The molecule has 3 nitrogen and oxygen atoms in total. The third-order valence-corrected chi connectivity index (χ3v) is 1.90. The van der Waals surface area contributed by atoms with Crippen LogP contribution in [0.3, 0.4) is 0 Å². The molecule has 13 heavy (non-hydrogen) atoms. The van der Waals surface area contributed by atoms with Gasteiger partial charge in [-0.3, -0.25) is 4.98 Å². The highest BCUT2D eigenvalue weighted by Crippen LogP contribution is 2.10. The normalized spacial score (nSPS) is 9.92. The number of aromatic nitrogens is 1. The third-order valence-electron chi connectivity index (χ3n) is 1.90. The fraction of sp³-hybridized carbons (Fsp3) is 0.400. The van der Waals surface area contributed by atoms with E-state index in [1.54, 1.807) is 12.4 Å². The van der Waals surface area contributed by atoms with Crippen molar-refractivity contribution in [2.24, 2.45) is 0 Å². The quantitative estimate of drug-likeness (QED) is 0.691. The van der Waals surface area contributed by atoms with E-state index < -0.39 is 0 Å². The molecule has 0 aliphatic rings. The van der Waals surface area contributed by atoms with Crippen LogP contribution < -0.4 is 5.73 Å². The van der Waals surface area contributed by atoms with E-state index >= 15 is 0 Å². The SMILES string of the molecule is CCCC(=N)Cc1ccncc1N. The van der Waals surface area contributed by atoms with E-state index in [2.05, 4.69) is 11.9 Å². The highest BCUT2D eigenvalue weighted by atomic mass is 14.7. The highest BCUT2D eigenvalue weighted by molar-refractivity contribution is 5.84. The van der Waals surface area contributed by atoms with Crippen molar-refractivity contribution in [3.63, 3.8) is 0 Å². The summed E-state index contributed by atoms with van der Waals surface area (Å²) in [6.07, 6.45) is 5.87. The largest absolute Gasteiger partial charge is 0.397 e. The first-order valence-electron chi connectivity index (χ1n) is 4.48. The van der Waals surface area contributed by atoms with Crippen molar-refractivity contribution in [3.05, 3.63) is 24.0 Å². The second-order valence-corrected chi connectivity index (χ2v) is 3.10. The topological polar surface area (TPSA) is 62.8 Å². The first-order valence-corrected chi connectivity index (χ1v) is 4.48. The Balaban J connectivity index is 2.63. The predicted molar refractivity (Wildman–Crippen MR) is 55.0 cm³/mol. The van der Waals surface area contributed by atoms with Gasteiger partial charge in [-0.1, -0.05) is 13.3 Å². The molecule has 0 unspecified atom stereocenters. The lowest BCUT2D eigenvalue weighted by Gasteiger charge is -2.04. The molecule has 0 bridgehead atoms. The Labute approximate surface area is 78.5 Å². The molecule has 3 heteroatoms. The zero-order valence-corrected chi connectivity index (χ0v) is 7.88. The maximum absolute atomic E-state index is 7.65. The van der Waals surface area contributed by atoms with Gasteiger partial charge in [0.25, 0.3) is 0 Å². The molecule has 0 aromatic carbocycles. The van der Waals surface area contributed by atoms with E-state index in [0.717, 1.165) is 24.1 Å². The van der Waals surface area contributed by atoms with Gasteiger partial charge in [-0.25, -0.2) is 0 Å². The van der Waals surface area contributed by atoms with E-state index in [4.69, 9.17) is 11.1 Å². The van der Waals surface area contributed by atoms with Crippen LogP contribution >= 0.6 is 0 Å². The lowest BCUT2D eigenvalue weighted by molar-refractivity contribution is 0.964. The van der Waals surface area contributed by atoms with Gasteiger partial charge in [0, 0.05) is 18.3 Å². The van der Waals surface area contributed by atoms with E-state index in [1.165, 1.54) is 0 Å². The van der Waals surface area contributed by atoms with Crippen LogP contribution in [0.2, 0.25) is 0 Å². The molecule has 0 aliphatic heterocycles. The smallest absolute Gasteiger partial charge is 0.0536 e.